The van der Waals surface area contributed by atoms with Gasteiger partial charge in [-0.25, -0.2) is 38.6 Å². The number of hydrogen-bond donors (Lipinski definition) is 8. The highest BCUT2D eigenvalue weighted by Crippen LogP contribution is 2.39. The first-order chi connectivity index (χ1) is 65.3. The van der Waals surface area contributed by atoms with Crippen LogP contribution in [0.4, 0.5) is 28.8 Å². The summed E-state index contributed by atoms with van der Waals surface area (Å²) in [5, 5.41) is 61.3. The summed E-state index contributed by atoms with van der Waals surface area (Å²) in [5.74, 6) is 4.77. The van der Waals surface area contributed by atoms with Crippen LogP contribution >= 0.6 is 79.6 Å². The largest absolute Gasteiger partial charge is 0.507 e. The Balaban J connectivity index is 0.000000813. The molecule has 0 saturated heterocycles. The summed E-state index contributed by atoms with van der Waals surface area (Å²) >= 11 is 16.3. The molecule has 0 saturated carbocycles. The molecule has 6 amide bonds. The van der Waals surface area contributed by atoms with Crippen LogP contribution in [0, 0.1) is 0 Å². The van der Waals surface area contributed by atoms with Crippen LogP contribution in [0.2, 0.25) is 0 Å². The molecule has 7 aromatic rings. The Labute approximate surface area is 866 Å². The van der Waals surface area contributed by atoms with E-state index >= 15 is 0 Å². The van der Waals surface area contributed by atoms with E-state index < -0.39 is 64.1 Å². The van der Waals surface area contributed by atoms with Crippen LogP contribution in [0.5, 0.6) is 40.2 Å². The topological polar surface area (TPSA) is 356 Å². The second kappa shape index (κ2) is 63.6. The number of hydrogen-bond acceptors (Lipinski definition) is 23. The SMILES string of the molecule is C=CCBr.C=CCN(C(=O)OC(C)(C)C)C(=O)OC(C)(C)C.C=CCOc1ccccc1Br.C=CCc1cccc(Br)c1O.CC.CC(C)(C)OC(=O)N(C/C=C/c1cccc2c1OC(CO)C2)C(=O)OC(C)(C)C.CC(C)(C)OC(=O)NC/C=C/c1cccc2c1OC(CO)C2.CC(C)(C)OC(=O)NCCCc1cccc2c1OC(CO)C2.OCC1Cc2cccc(Br)c2O1.Oc1ccccc1Br.[HH]. The first-order valence-electron chi connectivity index (χ1n) is 45.5. The van der Waals surface area contributed by atoms with Gasteiger partial charge in [-0.3, -0.25) is 0 Å². The molecule has 0 radical (unpaired) electrons. The van der Waals surface area contributed by atoms with Gasteiger partial charge in [0, 0.05) is 56.7 Å². The first-order valence-corrected chi connectivity index (χ1v) is 49.8. The van der Waals surface area contributed by atoms with E-state index in [1.165, 1.54) is 11.6 Å². The molecule has 8 N–H and O–H groups in total. The third-order valence-electron chi connectivity index (χ3n) is 17.5. The lowest BCUT2D eigenvalue weighted by molar-refractivity contribution is 0.00160. The third-order valence-corrected chi connectivity index (χ3v) is 20.6. The lowest BCUT2D eigenvalue weighted by Gasteiger charge is -2.28. The number of nitrogens with zero attached hydrogens (tertiary/aromatic N) is 2. The van der Waals surface area contributed by atoms with Crippen molar-refractivity contribution in [3.8, 4) is 40.2 Å². The number of aryl methyl sites for hydroxylation is 1. The Morgan fingerprint density at radius 3 is 1.17 bits per heavy atom. The number of fused-ring (bicyclic) bond motifs is 4. The maximum Gasteiger partial charge on any atom is 0.420 e. The van der Waals surface area contributed by atoms with Gasteiger partial charge in [-0.2, -0.15) is 0 Å². The molecule has 4 heterocycles. The zero-order chi connectivity index (χ0) is 105. The van der Waals surface area contributed by atoms with Gasteiger partial charge in [0.15, 0.2) is 0 Å². The minimum Gasteiger partial charge on any atom is -0.507 e. The van der Waals surface area contributed by atoms with E-state index in [9.17, 15) is 49.2 Å². The van der Waals surface area contributed by atoms with Crippen LogP contribution in [0.15, 0.2) is 220 Å². The summed E-state index contributed by atoms with van der Waals surface area (Å²) in [7, 11) is 0. The van der Waals surface area contributed by atoms with Crippen molar-refractivity contribution in [3.63, 3.8) is 0 Å². The van der Waals surface area contributed by atoms with Crippen molar-refractivity contribution >= 4 is 128 Å². The molecule has 4 atom stereocenters. The number of halogens is 5. The van der Waals surface area contributed by atoms with E-state index in [-0.39, 0.29) is 77.2 Å². The first kappa shape index (κ1) is 125. The van der Waals surface area contributed by atoms with Gasteiger partial charge in [0.2, 0.25) is 0 Å². The zero-order valence-corrected chi connectivity index (χ0v) is 91.9. The highest BCUT2D eigenvalue weighted by Gasteiger charge is 2.34. The van der Waals surface area contributed by atoms with E-state index in [0.717, 1.165) is 127 Å². The minimum atomic E-state index is -0.772. The number of nitrogens with one attached hydrogen (secondary N) is 2. The molecule has 139 heavy (non-hydrogen) atoms. The van der Waals surface area contributed by atoms with Gasteiger partial charge in [-0.1, -0.05) is 188 Å². The lowest BCUT2D eigenvalue weighted by Crippen LogP contribution is -2.43. The Kier molecular flexibility index (Phi) is 57.1. The normalized spacial score (nSPS) is 14.3. The van der Waals surface area contributed by atoms with Gasteiger partial charge in [-0.05, 0) is 277 Å². The molecule has 768 valence electrons. The van der Waals surface area contributed by atoms with E-state index in [1.807, 2.05) is 189 Å². The van der Waals surface area contributed by atoms with Gasteiger partial charge in [0.1, 0.15) is 105 Å². The smallest absolute Gasteiger partial charge is 0.420 e. The average Bonchev–Trinajstić information content (AvgIpc) is 1.67. The van der Waals surface area contributed by atoms with Crippen LogP contribution in [0.3, 0.4) is 0 Å². The molecule has 32 heteroatoms. The minimum absolute atomic E-state index is 0. The van der Waals surface area contributed by atoms with E-state index in [4.69, 9.17) is 62.3 Å². The monoisotopic (exact) mass is 2250 g/mol. The second-order valence-electron chi connectivity index (χ2n) is 36.6. The Bertz CT molecular complexity index is 4970. The number of phenolic OH excluding ortho intramolecular Hbond substituents is 2. The van der Waals surface area contributed by atoms with Crippen molar-refractivity contribution < 1.29 is 113 Å². The second-order valence-corrected chi connectivity index (χ2v) is 40.7. The van der Waals surface area contributed by atoms with Gasteiger partial charge < -0.3 is 93.4 Å². The van der Waals surface area contributed by atoms with Crippen molar-refractivity contribution in [3.05, 3.63) is 265 Å². The van der Waals surface area contributed by atoms with Crippen molar-refractivity contribution in [1.82, 2.24) is 20.4 Å². The molecule has 0 aliphatic carbocycles. The van der Waals surface area contributed by atoms with Gasteiger partial charge in [-0.15, -0.1) is 19.7 Å². The molecule has 11 rings (SSSR count). The molecular formula is C107H147Br5N4O23. The number of carbonyl (C=O) groups excluding carboxylic acids is 6. The van der Waals surface area contributed by atoms with Crippen molar-refractivity contribution in [2.75, 3.05) is 64.5 Å². The molecule has 0 spiro atoms. The number of phenols is 2. The average molecular weight is 2260 g/mol. The molecule has 4 aliphatic rings. The predicted octanol–water partition coefficient (Wildman–Crippen LogP) is 25.1. The van der Waals surface area contributed by atoms with E-state index in [1.54, 1.807) is 132 Å². The maximum atomic E-state index is 12.5. The lowest BCUT2D eigenvalue weighted by atomic mass is 10.0. The quantitative estimate of drug-likeness (QED) is 0.0135. The van der Waals surface area contributed by atoms with Crippen LogP contribution in [-0.4, -0.2) is 200 Å². The fourth-order valence-corrected chi connectivity index (χ4v) is 13.5. The molecule has 27 nitrogen and oxygen atoms in total. The van der Waals surface area contributed by atoms with Crippen LogP contribution in [0.25, 0.3) is 12.2 Å². The molecule has 0 bridgehead atoms. The summed E-state index contributed by atoms with van der Waals surface area (Å²) in [6.45, 7) is 51.4. The number of carbonyl (C=O) groups is 6. The number of alkyl halides is 1. The summed E-state index contributed by atoms with van der Waals surface area (Å²) in [5.41, 5.74) is 4.42. The Morgan fingerprint density at radius 2 is 0.777 bits per heavy atom. The number of rotatable bonds is 22. The molecular weight excluding hydrogens is 2110 g/mol. The summed E-state index contributed by atoms with van der Waals surface area (Å²) in [4.78, 5) is 73.6. The number of aliphatic hydroxyl groups is 4. The number of aromatic hydroxyl groups is 2. The highest BCUT2D eigenvalue weighted by molar-refractivity contribution is 9.11. The van der Waals surface area contributed by atoms with Gasteiger partial charge in [0.25, 0.3) is 0 Å². The maximum absolute atomic E-state index is 12.5. The molecule has 0 fully saturated rings. The van der Waals surface area contributed by atoms with Crippen LogP contribution < -0.4 is 34.3 Å². The fourth-order valence-electron chi connectivity index (χ4n) is 11.9. The molecule has 7 aromatic carbocycles. The number of alkyl carbamates (subject to hydrolysis) is 2. The van der Waals surface area contributed by atoms with Crippen LogP contribution in [-0.2, 0) is 66.9 Å². The standard InChI is InChI=1S/C22H31NO6.C17H25NO4.C17H23NO4.C13H23NO4.C9H9BrO2.2C9H9BrO.C6H5BrO.C3H5Br.C2H6.H2/c1-21(2,3)28-19(25)23(20(26)29-22(4,5)6)12-8-11-15-9-7-10-16-13-17(14-24)27-18(15)16;2*1-17(2,3)22-16(20)18-9-5-8-12-6-4-7-13-10-14(11-19)21-15(12)13;1-8-9-14(10(15)17-12(2,3)4)11(16)18-13(5,6)7;10-8-3-1-2-6-4-7(5-11)12-9(6)8;1-2-7-11-9-6-4-3-5-8(9)10;1-2-4-7-5-3-6-8(10)9(7)11;7-5-3-1-2-4-6(5)8;1-2-3-4;1-2;/h7-11,17,24H,12-14H2,1-6H3;4,6-7,14,19H,5,8-11H2,1-3H3,(H,18,20);4-8,14,19H,9-11H2,1-3H3,(H,18,20);8H,1,9H2,2-7H3;1-3,7,11H,4-5H2;2-6H,1,7H2;2-3,5-6,11H,1,4H2;1-4,8H;2H,1,3H2;1-2H3;1H/b11-8+;;8-5+;;;;;;;;. The van der Waals surface area contributed by atoms with Crippen molar-refractivity contribution in [2.45, 2.75) is 241 Å². The molecule has 4 unspecified atom stereocenters. The van der Waals surface area contributed by atoms with Gasteiger partial charge >= 0.3 is 36.6 Å². The third kappa shape index (κ3) is 51.2. The van der Waals surface area contributed by atoms with Crippen molar-refractivity contribution in [2.24, 2.45) is 0 Å². The zero-order valence-electron chi connectivity index (χ0n) is 84.0. The summed E-state index contributed by atoms with van der Waals surface area (Å²) in [6, 6.07) is 44.0. The number of aliphatic hydroxyl groups excluding tert-OH is 4. The van der Waals surface area contributed by atoms with Crippen LogP contribution in [0.1, 0.15) is 191 Å². The molecule has 4 aliphatic heterocycles. The number of allylic oxidation sites excluding steroid dienone is 2. The number of para-hydroxylation sites is 7. The molecule has 0 aromatic heterocycles. The number of benzene rings is 7. The number of amides is 6. The Morgan fingerprint density at radius 1 is 0.417 bits per heavy atom. The van der Waals surface area contributed by atoms with E-state index in [2.05, 4.69) is 117 Å². The van der Waals surface area contributed by atoms with Crippen molar-refractivity contribution in [1.29, 1.82) is 0 Å². The Hall–Kier alpha value is -10.2. The number of ether oxygens (including phenoxy) is 11. The predicted molar refractivity (Wildman–Crippen MR) is 571 cm³/mol. The summed E-state index contributed by atoms with van der Waals surface area (Å²) in [6.07, 6.45) is 14.7. The summed E-state index contributed by atoms with van der Waals surface area (Å²) < 4.78 is 62.8. The number of imide groups is 2. The van der Waals surface area contributed by atoms with Gasteiger partial charge in [0.05, 0.1) is 57.4 Å². The van der Waals surface area contributed by atoms with E-state index in [0.29, 0.717) is 44.0 Å². The fraction of sp³-hybridized carbons (Fsp3) is 0.439. The highest BCUT2D eigenvalue weighted by atomic mass is 79.9.